The normalized spacial score (nSPS) is 10.2. The van der Waals surface area contributed by atoms with Gasteiger partial charge in [0.25, 0.3) is 0 Å². The first-order chi connectivity index (χ1) is 8.08. The molecular formula is C10H7FN4O2. The van der Waals surface area contributed by atoms with Gasteiger partial charge in [0.2, 0.25) is 5.95 Å². The summed E-state index contributed by atoms with van der Waals surface area (Å²) in [6.07, 6.45) is 1.00. The van der Waals surface area contributed by atoms with Crippen molar-refractivity contribution in [1.82, 2.24) is 9.97 Å². The second-order valence-corrected chi connectivity index (χ2v) is 3.23. The fourth-order valence-electron chi connectivity index (χ4n) is 1.37. The van der Waals surface area contributed by atoms with Crippen molar-refractivity contribution >= 4 is 11.6 Å². The first-order valence-corrected chi connectivity index (χ1v) is 4.61. The zero-order valence-corrected chi connectivity index (χ0v) is 8.50. The average molecular weight is 234 g/mol. The molecule has 86 valence electrons. The van der Waals surface area contributed by atoms with E-state index in [1.807, 2.05) is 0 Å². The molecule has 7 heteroatoms. The van der Waals surface area contributed by atoms with E-state index in [2.05, 4.69) is 9.97 Å². The van der Waals surface area contributed by atoms with Crippen LogP contribution in [0.15, 0.2) is 30.5 Å². The molecule has 0 bridgehead atoms. The Morgan fingerprint density at radius 1 is 1.41 bits per heavy atom. The Kier molecular flexibility index (Phi) is 2.65. The molecule has 0 aliphatic carbocycles. The minimum Gasteiger partial charge on any atom is -0.368 e. The second-order valence-electron chi connectivity index (χ2n) is 3.23. The zero-order chi connectivity index (χ0) is 12.4. The Bertz CT molecular complexity index is 588. The zero-order valence-electron chi connectivity index (χ0n) is 8.50. The third-order valence-corrected chi connectivity index (χ3v) is 2.08. The summed E-state index contributed by atoms with van der Waals surface area (Å²) in [6, 6.07) is 5.33. The topological polar surface area (TPSA) is 94.9 Å². The number of hydrogen-bond acceptors (Lipinski definition) is 5. The number of hydrogen-bond donors (Lipinski definition) is 1. The first kappa shape index (κ1) is 10.9. The Morgan fingerprint density at radius 2 is 2.18 bits per heavy atom. The number of rotatable bonds is 2. The monoisotopic (exact) mass is 234 g/mol. The molecule has 1 aromatic heterocycles. The van der Waals surface area contributed by atoms with Crippen LogP contribution in [0.2, 0.25) is 0 Å². The first-order valence-electron chi connectivity index (χ1n) is 4.61. The van der Waals surface area contributed by atoms with Crippen molar-refractivity contribution in [2.45, 2.75) is 0 Å². The van der Waals surface area contributed by atoms with Gasteiger partial charge < -0.3 is 5.73 Å². The molecule has 2 N–H and O–H groups in total. The number of halogens is 1. The van der Waals surface area contributed by atoms with E-state index in [0.29, 0.717) is 0 Å². The Balaban J connectivity index is 2.65. The maximum atomic E-state index is 13.0. The lowest BCUT2D eigenvalue weighted by Gasteiger charge is -2.02. The molecule has 0 spiro atoms. The van der Waals surface area contributed by atoms with Crippen LogP contribution in [0.4, 0.5) is 16.0 Å². The van der Waals surface area contributed by atoms with E-state index < -0.39 is 10.7 Å². The number of nitrogens with zero attached hydrogens (tertiary/aromatic N) is 3. The second kappa shape index (κ2) is 4.12. The van der Waals surface area contributed by atoms with Gasteiger partial charge in [-0.2, -0.15) is 0 Å². The summed E-state index contributed by atoms with van der Waals surface area (Å²) in [7, 11) is 0. The number of nitro groups is 1. The molecule has 0 aliphatic heterocycles. The van der Waals surface area contributed by atoms with Crippen LogP contribution in [0.1, 0.15) is 0 Å². The quantitative estimate of drug-likeness (QED) is 0.631. The predicted octanol–water partition coefficient (Wildman–Crippen LogP) is 1.77. The summed E-state index contributed by atoms with van der Waals surface area (Å²) in [5.41, 5.74) is 5.33. The molecule has 0 radical (unpaired) electrons. The van der Waals surface area contributed by atoms with Crippen LogP contribution in [0.3, 0.4) is 0 Å². The molecule has 0 fully saturated rings. The Labute approximate surface area is 95.1 Å². The van der Waals surface area contributed by atoms with E-state index >= 15 is 0 Å². The molecular weight excluding hydrogens is 227 g/mol. The predicted molar refractivity (Wildman–Crippen MR) is 58.5 cm³/mol. The van der Waals surface area contributed by atoms with Crippen molar-refractivity contribution in [3.05, 3.63) is 46.4 Å². The van der Waals surface area contributed by atoms with Crippen LogP contribution in [-0.2, 0) is 0 Å². The number of anilines is 1. The average Bonchev–Trinajstić information content (AvgIpc) is 2.28. The van der Waals surface area contributed by atoms with Crippen LogP contribution in [0.5, 0.6) is 0 Å². The highest BCUT2D eigenvalue weighted by Gasteiger charge is 2.18. The molecule has 0 amide bonds. The van der Waals surface area contributed by atoms with Crippen LogP contribution < -0.4 is 5.73 Å². The lowest BCUT2D eigenvalue weighted by molar-refractivity contribution is -0.384. The van der Waals surface area contributed by atoms with E-state index in [9.17, 15) is 14.5 Å². The van der Waals surface area contributed by atoms with E-state index in [1.54, 1.807) is 0 Å². The van der Waals surface area contributed by atoms with Gasteiger partial charge >= 0.3 is 5.69 Å². The molecule has 1 heterocycles. The van der Waals surface area contributed by atoms with Gasteiger partial charge in [-0.05, 0) is 12.1 Å². The molecule has 0 saturated carbocycles. The minimum absolute atomic E-state index is 0.00185. The van der Waals surface area contributed by atoms with E-state index in [-0.39, 0.29) is 22.9 Å². The third-order valence-electron chi connectivity index (χ3n) is 2.08. The van der Waals surface area contributed by atoms with Crippen molar-refractivity contribution in [2.75, 3.05) is 5.73 Å². The highest BCUT2D eigenvalue weighted by Crippen LogP contribution is 2.27. The molecule has 6 nitrogen and oxygen atoms in total. The lowest BCUT2D eigenvalue weighted by atomic mass is 10.1. The fraction of sp³-hybridized carbons (Fsp3) is 0. The van der Waals surface area contributed by atoms with Crippen molar-refractivity contribution in [3.8, 4) is 11.3 Å². The van der Waals surface area contributed by atoms with Gasteiger partial charge in [0.1, 0.15) is 12.0 Å². The highest BCUT2D eigenvalue weighted by atomic mass is 19.1. The number of nitrogen functional groups attached to an aromatic ring is 1. The largest absolute Gasteiger partial charge is 0.368 e. The molecule has 0 saturated heterocycles. The van der Waals surface area contributed by atoms with Crippen LogP contribution in [0.25, 0.3) is 11.3 Å². The Morgan fingerprint density at radius 3 is 2.82 bits per heavy atom. The summed E-state index contributed by atoms with van der Waals surface area (Å²) in [6.45, 7) is 0. The minimum atomic E-state index is -0.639. The Hall–Kier alpha value is -2.57. The van der Waals surface area contributed by atoms with Gasteiger partial charge in [0.15, 0.2) is 5.69 Å². The molecule has 0 aliphatic rings. The molecule has 1 aromatic carbocycles. The van der Waals surface area contributed by atoms with Crippen molar-refractivity contribution in [2.24, 2.45) is 0 Å². The van der Waals surface area contributed by atoms with Crippen LogP contribution in [-0.4, -0.2) is 14.9 Å². The van der Waals surface area contributed by atoms with Gasteiger partial charge in [-0.3, -0.25) is 10.1 Å². The standard InChI is InChI=1S/C10H7FN4O2/c11-7-3-1-2-6(4-7)9-8(15(16)17)5-13-10(12)14-9/h1-5H,(H2,12,13,14). The van der Waals surface area contributed by atoms with Crippen molar-refractivity contribution in [3.63, 3.8) is 0 Å². The number of benzene rings is 1. The number of aromatic nitrogens is 2. The molecule has 2 aromatic rings. The summed E-state index contributed by atoms with van der Waals surface area (Å²) >= 11 is 0. The van der Waals surface area contributed by atoms with Crippen molar-refractivity contribution in [1.29, 1.82) is 0 Å². The van der Waals surface area contributed by atoms with Gasteiger partial charge in [0.05, 0.1) is 4.92 Å². The third kappa shape index (κ3) is 2.17. The molecule has 17 heavy (non-hydrogen) atoms. The molecule has 0 atom stereocenters. The fourth-order valence-corrected chi connectivity index (χ4v) is 1.37. The summed E-state index contributed by atoms with van der Waals surface area (Å²) in [5.74, 6) is -0.608. The number of nitrogens with two attached hydrogens (primary N) is 1. The maximum absolute atomic E-state index is 13.0. The lowest BCUT2D eigenvalue weighted by Crippen LogP contribution is -2.01. The molecule has 0 unspecified atom stereocenters. The smallest absolute Gasteiger partial charge is 0.313 e. The summed E-state index contributed by atoms with van der Waals surface area (Å²) in [5, 5.41) is 10.8. The highest BCUT2D eigenvalue weighted by molar-refractivity contribution is 5.69. The van der Waals surface area contributed by atoms with E-state index in [1.165, 1.54) is 18.2 Å². The van der Waals surface area contributed by atoms with Gasteiger partial charge in [0, 0.05) is 5.56 Å². The molecule has 2 rings (SSSR count). The van der Waals surface area contributed by atoms with E-state index in [0.717, 1.165) is 12.3 Å². The van der Waals surface area contributed by atoms with Crippen molar-refractivity contribution < 1.29 is 9.31 Å². The van der Waals surface area contributed by atoms with Gasteiger partial charge in [-0.25, -0.2) is 14.4 Å². The van der Waals surface area contributed by atoms with Crippen LogP contribution in [0, 0.1) is 15.9 Å². The van der Waals surface area contributed by atoms with E-state index in [4.69, 9.17) is 5.73 Å². The van der Waals surface area contributed by atoms with Gasteiger partial charge in [-0.1, -0.05) is 12.1 Å². The van der Waals surface area contributed by atoms with Gasteiger partial charge in [-0.15, -0.1) is 0 Å². The summed E-state index contributed by atoms with van der Waals surface area (Å²) < 4.78 is 13.0. The van der Waals surface area contributed by atoms with Crippen LogP contribution >= 0.6 is 0 Å². The maximum Gasteiger partial charge on any atom is 0.313 e. The summed E-state index contributed by atoms with van der Waals surface area (Å²) in [4.78, 5) is 17.4. The SMILES string of the molecule is Nc1ncc([N+](=O)[O-])c(-c2cccc(F)c2)n1.